The number of aliphatic hydroxyl groups is 1. The molecule has 0 aromatic rings. The van der Waals surface area contributed by atoms with Crippen molar-refractivity contribution in [3.8, 4) is 0 Å². The van der Waals surface area contributed by atoms with E-state index in [-0.39, 0.29) is 19.1 Å². The Labute approximate surface area is 240 Å². The standard InChI is InChI=1S/C30H61N2O6P/c1-6-8-10-12-14-15-16-17-18-20-22-24-30(34)31-28(29(33)23-21-19-13-11-9-7-2)27-38-39(35,36)37-26-25-32(3,4)5/h21,23,28-29,33H,6-20,22,24-27H2,1-5H3,(H-,31,34,35,36)/b23-21+. The smallest absolute Gasteiger partial charge is 0.268 e. The Morgan fingerprint density at radius 2 is 1.38 bits per heavy atom. The lowest BCUT2D eigenvalue weighted by atomic mass is 10.0. The van der Waals surface area contributed by atoms with Crippen LogP contribution >= 0.6 is 7.82 Å². The van der Waals surface area contributed by atoms with Crippen LogP contribution in [-0.4, -0.2) is 68.5 Å². The van der Waals surface area contributed by atoms with Crippen LogP contribution in [0.1, 0.15) is 123 Å². The zero-order valence-corrected chi connectivity index (χ0v) is 26.7. The molecule has 2 N–H and O–H groups in total. The van der Waals surface area contributed by atoms with Crippen LogP contribution in [0.5, 0.6) is 0 Å². The second-order valence-corrected chi connectivity index (χ2v) is 13.2. The number of carbonyl (C=O) groups is 1. The van der Waals surface area contributed by atoms with Gasteiger partial charge in [0.1, 0.15) is 13.2 Å². The molecule has 0 bridgehead atoms. The zero-order valence-electron chi connectivity index (χ0n) is 25.8. The highest BCUT2D eigenvalue weighted by Crippen LogP contribution is 2.38. The zero-order chi connectivity index (χ0) is 29.4. The predicted molar refractivity (Wildman–Crippen MR) is 159 cm³/mol. The minimum Gasteiger partial charge on any atom is -0.756 e. The first-order valence-corrected chi connectivity index (χ1v) is 17.0. The first kappa shape index (κ1) is 38.2. The third-order valence-electron chi connectivity index (χ3n) is 6.75. The summed E-state index contributed by atoms with van der Waals surface area (Å²) in [6, 6.07) is -0.874. The van der Waals surface area contributed by atoms with E-state index in [1.165, 1.54) is 57.8 Å². The maximum Gasteiger partial charge on any atom is 0.268 e. The summed E-state index contributed by atoms with van der Waals surface area (Å²) < 4.78 is 22.8. The Balaban J connectivity index is 4.57. The molecule has 0 aromatic heterocycles. The highest BCUT2D eigenvalue weighted by molar-refractivity contribution is 7.45. The molecule has 9 heteroatoms. The Hall–Kier alpha value is -0.760. The molecule has 8 nitrogen and oxygen atoms in total. The van der Waals surface area contributed by atoms with Gasteiger partial charge in [-0.3, -0.25) is 9.36 Å². The summed E-state index contributed by atoms with van der Waals surface area (Å²) in [6.45, 7) is 4.51. The summed E-state index contributed by atoms with van der Waals surface area (Å²) in [5.74, 6) is -0.207. The van der Waals surface area contributed by atoms with Crippen molar-refractivity contribution in [1.29, 1.82) is 0 Å². The summed E-state index contributed by atoms with van der Waals surface area (Å²) in [7, 11) is 1.26. The molecule has 39 heavy (non-hydrogen) atoms. The van der Waals surface area contributed by atoms with Crippen LogP contribution in [0.4, 0.5) is 0 Å². The van der Waals surface area contributed by atoms with Crippen LogP contribution in [0.15, 0.2) is 12.2 Å². The SMILES string of the molecule is CCCCCC/C=C/C(O)C(COP(=O)([O-])OCC[N+](C)(C)C)NC(=O)CCCCCCCCCCCCC. The van der Waals surface area contributed by atoms with Crippen molar-refractivity contribution in [3.63, 3.8) is 0 Å². The van der Waals surface area contributed by atoms with E-state index < -0.39 is 20.0 Å². The number of unbranched alkanes of at least 4 members (excludes halogenated alkanes) is 14. The van der Waals surface area contributed by atoms with Gasteiger partial charge in [0.05, 0.1) is 39.9 Å². The molecule has 0 rings (SSSR count). The number of phosphoric ester groups is 1. The number of carbonyl (C=O) groups excluding carboxylic acids is 1. The molecule has 0 heterocycles. The van der Waals surface area contributed by atoms with E-state index >= 15 is 0 Å². The van der Waals surface area contributed by atoms with E-state index in [1.807, 2.05) is 27.2 Å². The average molecular weight is 577 g/mol. The summed E-state index contributed by atoms with van der Waals surface area (Å²) >= 11 is 0. The van der Waals surface area contributed by atoms with Crippen LogP contribution in [0.3, 0.4) is 0 Å². The number of hydrogen-bond acceptors (Lipinski definition) is 6. The molecule has 0 aliphatic carbocycles. The van der Waals surface area contributed by atoms with Gasteiger partial charge in [-0.2, -0.15) is 0 Å². The summed E-state index contributed by atoms with van der Waals surface area (Å²) in [5.41, 5.74) is 0. The Bertz CT molecular complexity index is 668. The van der Waals surface area contributed by atoms with E-state index in [1.54, 1.807) is 6.08 Å². The van der Waals surface area contributed by atoms with E-state index in [4.69, 9.17) is 9.05 Å². The van der Waals surface area contributed by atoms with Gasteiger partial charge in [-0.1, -0.05) is 109 Å². The molecule has 0 radical (unpaired) electrons. The Morgan fingerprint density at radius 1 is 0.872 bits per heavy atom. The van der Waals surface area contributed by atoms with Crippen LogP contribution in [0, 0.1) is 0 Å². The van der Waals surface area contributed by atoms with Gasteiger partial charge in [-0.25, -0.2) is 0 Å². The Kier molecular flexibility index (Phi) is 23.4. The second-order valence-electron chi connectivity index (χ2n) is 11.8. The molecule has 1 amide bonds. The maximum absolute atomic E-state index is 12.6. The monoisotopic (exact) mass is 576 g/mol. The molecule has 3 atom stereocenters. The summed E-state index contributed by atoms with van der Waals surface area (Å²) in [4.78, 5) is 24.8. The molecular formula is C30H61N2O6P. The highest BCUT2D eigenvalue weighted by atomic mass is 31.2. The normalized spacial score (nSPS) is 15.4. The third-order valence-corrected chi connectivity index (χ3v) is 7.71. The number of allylic oxidation sites excluding steroid dienone is 1. The predicted octanol–water partition coefficient (Wildman–Crippen LogP) is 6.27. The largest absolute Gasteiger partial charge is 0.756 e. The van der Waals surface area contributed by atoms with Gasteiger partial charge in [-0.05, 0) is 19.3 Å². The molecule has 0 aliphatic rings. The topological polar surface area (TPSA) is 108 Å². The minimum absolute atomic E-state index is 0.000374. The number of quaternary nitrogens is 1. The van der Waals surface area contributed by atoms with Crippen LogP contribution in [0.25, 0.3) is 0 Å². The summed E-state index contributed by atoms with van der Waals surface area (Å²) in [6.07, 6.45) is 21.3. The van der Waals surface area contributed by atoms with Crippen molar-refractivity contribution in [3.05, 3.63) is 12.2 Å². The van der Waals surface area contributed by atoms with Gasteiger partial charge in [0.2, 0.25) is 5.91 Å². The van der Waals surface area contributed by atoms with Gasteiger partial charge in [-0.15, -0.1) is 0 Å². The van der Waals surface area contributed by atoms with Gasteiger partial charge < -0.3 is 28.8 Å². The summed E-state index contributed by atoms with van der Waals surface area (Å²) in [5, 5.41) is 13.5. The quantitative estimate of drug-likeness (QED) is 0.0517. The number of nitrogens with zero attached hydrogens (tertiary/aromatic N) is 1. The molecule has 0 saturated carbocycles. The van der Waals surface area contributed by atoms with Crippen molar-refractivity contribution in [2.45, 2.75) is 135 Å². The fraction of sp³-hybridized carbons (Fsp3) is 0.900. The van der Waals surface area contributed by atoms with E-state index in [0.717, 1.165) is 44.9 Å². The first-order chi connectivity index (χ1) is 18.5. The second kappa shape index (κ2) is 23.9. The molecule has 0 aliphatic heterocycles. The fourth-order valence-electron chi connectivity index (χ4n) is 4.15. The number of hydrogen-bond donors (Lipinski definition) is 2. The Morgan fingerprint density at radius 3 is 1.92 bits per heavy atom. The maximum atomic E-state index is 12.6. The van der Waals surface area contributed by atoms with Gasteiger partial charge >= 0.3 is 0 Å². The van der Waals surface area contributed by atoms with Crippen molar-refractivity contribution >= 4 is 13.7 Å². The molecule has 232 valence electrons. The first-order valence-electron chi connectivity index (χ1n) is 15.6. The van der Waals surface area contributed by atoms with Crippen molar-refractivity contribution in [2.24, 2.45) is 0 Å². The van der Waals surface area contributed by atoms with Crippen molar-refractivity contribution in [1.82, 2.24) is 5.32 Å². The molecule has 0 aromatic carbocycles. The molecule has 0 fully saturated rings. The third kappa shape index (κ3) is 25.9. The number of phosphoric acid groups is 1. The minimum atomic E-state index is -4.55. The number of aliphatic hydroxyl groups excluding tert-OH is 1. The lowest BCUT2D eigenvalue weighted by Crippen LogP contribution is -2.45. The van der Waals surface area contributed by atoms with Crippen LogP contribution in [-0.2, 0) is 18.4 Å². The number of nitrogens with one attached hydrogen (secondary N) is 1. The van der Waals surface area contributed by atoms with E-state index in [2.05, 4.69) is 19.2 Å². The number of rotatable bonds is 27. The van der Waals surface area contributed by atoms with Crippen molar-refractivity contribution in [2.75, 3.05) is 40.9 Å². The van der Waals surface area contributed by atoms with Gasteiger partial charge in [0.25, 0.3) is 7.82 Å². The lowest BCUT2D eigenvalue weighted by Gasteiger charge is -2.29. The number of amides is 1. The molecule has 0 spiro atoms. The average Bonchev–Trinajstić information content (AvgIpc) is 2.86. The van der Waals surface area contributed by atoms with Crippen LogP contribution in [0.2, 0.25) is 0 Å². The molecule has 0 saturated heterocycles. The van der Waals surface area contributed by atoms with Gasteiger partial charge in [0, 0.05) is 6.42 Å². The number of likely N-dealkylation sites (N-methyl/N-ethyl adjacent to an activating group) is 1. The molecular weight excluding hydrogens is 515 g/mol. The van der Waals surface area contributed by atoms with E-state index in [0.29, 0.717) is 17.4 Å². The van der Waals surface area contributed by atoms with Crippen molar-refractivity contribution < 1.29 is 32.9 Å². The fourth-order valence-corrected chi connectivity index (χ4v) is 4.87. The van der Waals surface area contributed by atoms with Gasteiger partial charge in [0.15, 0.2) is 0 Å². The lowest BCUT2D eigenvalue weighted by molar-refractivity contribution is -0.870. The molecule has 3 unspecified atom stereocenters. The van der Waals surface area contributed by atoms with Crippen LogP contribution < -0.4 is 10.2 Å². The van der Waals surface area contributed by atoms with E-state index in [9.17, 15) is 19.4 Å². The highest BCUT2D eigenvalue weighted by Gasteiger charge is 2.23.